The second kappa shape index (κ2) is 7.88. The van der Waals surface area contributed by atoms with Gasteiger partial charge < -0.3 is 9.42 Å². The minimum Gasteiger partial charge on any atom is -0.361 e. The van der Waals surface area contributed by atoms with Crippen LogP contribution in [0.3, 0.4) is 0 Å². The topological polar surface area (TPSA) is 85.0 Å². The molecule has 0 radical (unpaired) electrons. The Morgan fingerprint density at radius 1 is 1.18 bits per heavy atom. The molecule has 4 rings (SSSR count). The molecular weight excluding hydrogens is 354 g/mol. The summed E-state index contributed by atoms with van der Waals surface area (Å²) in [6, 6.07) is 3.80. The Kier molecular flexibility index (Phi) is 5.14. The number of carbonyl (C=O) groups is 1. The molecule has 0 saturated carbocycles. The zero-order valence-electron chi connectivity index (χ0n) is 16.1. The van der Waals surface area contributed by atoms with E-state index in [1.54, 1.807) is 18.6 Å². The number of aryl methyl sites for hydroxylation is 2. The standard InChI is InChI=1S/C21H23N5O2/c1-14-21(15(2)28-25-14)19-13-23-18(12-24-19)17-5-8-26(9-6-17)20(27)10-16-4-3-7-22-11-16/h3-4,7,11-13,17H,5-6,8-10H2,1-2H3. The highest BCUT2D eigenvalue weighted by Crippen LogP contribution is 2.29. The first-order chi connectivity index (χ1) is 13.6. The SMILES string of the molecule is Cc1noc(C)c1-c1cnc(C2CCN(C(=O)Cc3cccnc3)CC2)cn1. The summed E-state index contributed by atoms with van der Waals surface area (Å²) in [5, 5.41) is 3.98. The van der Waals surface area contributed by atoms with Crippen molar-refractivity contribution in [3.8, 4) is 11.3 Å². The first-order valence-corrected chi connectivity index (χ1v) is 9.53. The van der Waals surface area contributed by atoms with E-state index in [2.05, 4.69) is 20.1 Å². The van der Waals surface area contributed by atoms with Crippen LogP contribution in [0, 0.1) is 13.8 Å². The van der Waals surface area contributed by atoms with Gasteiger partial charge in [0.15, 0.2) is 0 Å². The van der Waals surface area contributed by atoms with Crippen molar-refractivity contribution in [2.24, 2.45) is 0 Å². The summed E-state index contributed by atoms with van der Waals surface area (Å²) in [7, 11) is 0. The molecule has 1 saturated heterocycles. The molecular formula is C21H23N5O2. The van der Waals surface area contributed by atoms with Crippen molar-refractivity contribution in [2.45, 2.75) is 39.0 Å². The molecule has 0 atom stereocenters. The molecule has 0 bridgehead atoms. The molecule has 0 aromatic carbocycles. The third-order valence-electron chi connectivity index (χ3n) is 5.31. The van der Waals surface area contributed by atoms with Crippen molar-refractivity contribution in [1.82, 2.24) is 25.0 Å². The van der Waals surface area contributed by atoms with Gasteiger partial charge in [-0.05, 0) is 38.3 Å². The zero-order chi connectivity index (χ0) is 19.5. The van der Waals surface area contributed by atoms with Crippen LogP contribution in [0.1, 0.15) is 41.5 Å². The van der Waals surface area contributed by atoms with Gasteiger partial charge in [0.25, 0.3) is 0 Å². The maximum absolute atomic E-state index is 12.5. The summed E-state index contributed by atoms with van der Waals surface area (Å²) < 4.78 is 5.21. The number of aromatic nitrogens is 4. The van der Waals surface area contributed by atoms with Gasteiger partial charge in [0, 0.05) is 37.6 Å². The molecule has 7 heteroatoms. The number of carbonyl (C=O) groups excluding carboxylic acids is 1. The summed E-state index contributed by atoms with van der Waals surface area (Å²) in [6.45, 7) is 5.27. The molecule has 1 aliphatic heterocycles. The van der Waals surface area contributed by atoms with E-state index in [1.807, 2.05) is 37.1 Å². The van der Waals surface area contributed by atoms with E-state index in [1.165, 1.54) is 0 Å². The lowest BCUT2D eigenvalue weighted by atomic mass is 9.93. The van der Waals surface area contributed by atoms with Crippen LogP contribution < -0.4 is 0 Å². The normalized spacial score (nSPS) is 15.0. The van der Waals surface area contributed by atoms with Crippen LogP contribution in [0.25, 0.3) is 11.3 Å². The minimum atomic E-state index is 0.159. The molecule has 0 aliphatic carbocycles. The van der Waals surface area contributed by atoms with Gasteiger partial charge in [-0.3, -0.25) is 19.7 Å². The molecule has 3 aromatic rings. The molecule has 144 valence electrons. The fourth-order valence-corrected chi connectivity index (χ4v) is 3.74. The van der Waals surface area contributed by atoms with E-state index in [4.69, 9.17) is 4.52 Å². The first kappa shape index (κ1) is 18.3. The molecule has 3 aromatic heterocycles. The van der Waals surface area contributed by atoms with Crippen molar-refractivity contribution in [3.05, 3.63) is 59.6 Å². The van der Waals surface area contributed by atoms with Gasteiger partial charge in [-0.25, -0.2) is 0 Å². The fourth-order valence-electron chi connectivity index (χ4n) is 3.74. The largest absolute Gasteiger partial charge is 0.361 e. The molecule has 0 unspecified atom stereocenters. The number of hydrogen-bond acceptors (Lipinski definition) is 6. The van der Waals surface area contributed by atoms with Crippen LogP contribution in [-0.2, 0) is 11.2 Å². The van der Waals surface area contributed by atoms with Gasteiger partial charge in [0.1, 0.15) is 5.76 Å². The second-order valence-electron chi connectivity index (χ2n) is 7.22. The molecule has 0 spiro atoms. The van der Waals surface area contributed by atoms with Crippen molar-refractivity contribution in [1.29, 1.82) is 0 Å². The Balaban J connectivity index is 1.37. The van der Waals surface area contributed by atoms with Gasteiger partial charge in [0.05, 0.1) is 35.3 Å². The van der Waals surface area contributed by atoms with Gasteiger partial charge in [-0.15, -0.1) is 0 Å². The molecule has 1 fully saturated rings. The number of nitrogens with zero attached hydrogens (tertiary/aromatic N) is 5. The molecule has 4 heterocycles. The van der Waals surface area contributed by atoms with Gasteiger partial charge in [-0.1, -0.05) is 11.2 Å². The predicted molar refractivity (Wildman–Crippen MR) is 103 cm³/mol. The Labute approximate surface area is 163 Å². The van der Waals surface area contributed by atoms with Crippen LogP contribution in [0.4, 0.5) is 0 Å². The average molecular weight is 377 g/mol. The highest BCUT2D eigenvalue weighted by molar-refractivity contribution is 5.78. The molecule has 1 aliphatic rings. The quantitative estimate of drug-likeness (QED) is 0.695. The van der Waals surface area contributed by atoms with Crippen LogP contribution in [-0.4, -0.2) is 44.0 Å². The summed E-state index contributed by atoms with van der Waals surface area (Å²) in [4.78, 5) is 27.7. The predicted octanol–water partition coefficient (Wildman–Crippen LogP) is 3.09. The van der Waals surface area contributed by atoms with Crippen LogP contribution >= 0.6 is 0 Å². The zero-order valence-corrected chi connectivity index (χ0v) is 16.1. The third kappa shape index (κ3) is 3.78. The smallest absolute Gasteiger partial charge is 0.227 e. The lowest BCUT2D eigenvalue weighted by Gasteiger charge is -2.31. The molecule has 28 heavy (non-hydrogen) atoms. The Morgan fingerprint density at radius 3 is 2.61 bits per heavy atom. The summed E-state index contributed by atoms with van der Waals surface area (Å²) in [5.74, 6) is 1.24. The highest BCUT2D eigenvalue weighted by Gasteiger charge is 2.25. The Bertz CT molecular complexity index is 925. The van der Waals surface area contributed by atoms with Crippen molar-refractivity contribution < 1.29 is 9.32 Å². The lowest BCUT2D eigenvalue weighted by Crippen LogP contribution is -2.38. The fraction of sp³-hybridized carbons (Fsp3) is 0.381. The number of likely N-dealkylation sites (tertiary alicyclic amines) is 1. The molecule has 1 amide bonds. The van der Waals surface area contributed by atoms with Crippen LogP contribution in [0.2, 0.25) is 0 Å². The average Bonchev–Trinajstić information content (AvgIpc) is 3.07. The van der Waals surface area contributed by atoms with Gasteiger partial charge in [-0.2, -0.15) is 0 Å². The van der Waals surface area contributed by atoms with Crippen molar-refractivity contribution in [2.75, 3.05) is 13.1 Å². The second-order valence-corrected chi connectivity index (χ2v) is 7.22. The highest BCUT2D eigenvalue weighted by atomic mass is 16.5. The van der Waals surface area contributed by atoms with E-state index in [-0.39, 0.29) is 5.91 Å². The van der Waals surface area contributed by atoms with Gasteiger partial charge >= 0.3 is 0 Å². The number of amides is 1. The summed E-state index contributed by atoms with van der Waals surface area (Å²) >= 11 is 0. The molecule has 0 N–H and O–H groups in total. The van der Waals surface area contributed by atoms with Crippen molar-refractivity contribution >= 4 is 5.91 Å². The maximum atomic E-state index is 12.5. The Hall–Kier alpha value is -3.09. The van der Waals surface area contributed by atoms with E-state index in [9.17, 15) is 4.79 Å². The number of rotatable bonds is 4. The summed E-state index contributed by atoms with van der Waals surface area (Å²) in [6.07, 6.45) is 9.32. The lowest BCUT2D eigenvalue weighted by molar-refractivity contribution is -0.131. The number of hydrogen-bond donors (Lipinski definition) is 0. The van der Waals surface area contributed by atoms with E-state index >= 15 is 0 Å². The van der Waals surface area contributed by atoms with E-state index < -0.39 is 0 Å². The number of pyridine rings is 1. The molecule has 7 nitrogen and oxygen atoms in total. The minimum absolute atomic E-state index is 0.159. The van der Waals surface area contributed by atoms with E-state index in [0.29, 0.717) is 12.3 Å². The van der Waals surface area contributed by atoms with Crippen LogP contribution in [0.15, 0.2) is 41.4 Å². The monoisotopic (exact) mass is 377 g/mol. The van der Waals surface area contributed by atoms with Gasteiger partial charge in [0.2, 0.25) is 5.91 Å². The number of piperidine rings is 1. The Morgan fingerprint density at radius 2 is 2.00 bits per heavy atom. The summed E-state index contributed by atoms with van der Waals surface area (Å²) in [5.41, 5.74) is 4.45. The third-order valence-corrected chi connectivity index (χ3v) is 5.31. The maximum Gasteiger partial charge on any atom is 0.227 e. The van der Waals surface area contributed by atoms with Crippen molar-refractivity contribution in [3.63, 3.8) is 0 Å². The van der Waals surface area contributed by atoms with E-state index in [0.717, 1.165) is 59.9 Å². The first-order valence-electron chi connectivity index (χ1n) is 9.53. The van der Waals surface area contributed by atoms with Crippen LogP contribution in [0.5, 0.6) is 0 Å².